The molecule has 0 radical (unpaired) electrons. The van der Waals surface area contributed by atoms with Crippen molar-refractivity contribution in [3.05, 3.63) is 12.2 Å². The molecule has 7 heteroatoms. The number of halogens is 1. The van der Waals surface area contributed by atoms with E-state index in [1.165, 1.54) is 30.6 Å². The molecule has 4 aliphatic rings. The first-order valence-corrected chi connectivity index (χ1v) is 10.6. The van der Waals surface area contributed by atoms with Crippen LogP contribution in [0, 0.1) is 35.5 Å². The first-order chi connectivity index (χ1) is 13.1. The molecule has 2 saturated carbocycles. The van der Waals surface area contributed by atoms with Crippen molar-refractivity contribution in [2.75, 3.05) is 26.7 Å². The number of fused-ring (bicyclic) bond motifs is 5. The molecular formula is C21H33IN4O2. The van der Waals surface area contributed by atoms with Crippen molar-refractivity contribution in [3.63, 3.8) is 0 Å². The lowest BCUT2D eigenvalue weighted by molar-refractivity contribution is -0.140. The zero-order chi connectivity index (χ0) is 19.0. The number of carbonyl (C=O) groups is 2. The normalized spacial score (nSPS) is 36.5. The fourth-order valence-corrected chi connectivity index (χ4v) is 5.62. The molecule has 6 unspecified atom stereocenters. The van der Waals surface area contributed by atoms with Crippen LogP contribution < -0.4 is 10.6 Å². The van der Waals surface area contributed by atoms with Gasteiger partial charge in [0.2, 0.25) is 11.8 Å². The average molecular weight is 500 g/mol. The van der Waals surface area contributed by atoms with Gasteiger partial charge >= 0.3 is 0 Å². The van der Waals surface area contributed by atoms with E-state index in [1.807, 2.05) is 0 Å². The van der Waals surface area contributed by atoms with Crippen molar-refractivity contribution in [1.29, 1.82) is 0 Å². The van der Waals surface area contributed by atoms with E-state index in [1.54, 1.807) is 7.05 Å². The van der Waals surface area contributed by atoms with Crippen LogP contribution in [0.3, 0.4) is 0 Å². The van der Waals surface area contributed by atoms with Crippen LogP contribution in [0.15, 0.2) is 17.1 Å². The van der Waals surface area contributed by atoms with E-state index < -0.39 is 0 Å². The van der Waals surface area contributed by atoms with E-state index in [9.17, 15) is 9.59 Å². The number of hydrogen-bond donors (Lipinski definition) is 2. The van der Waals surface area contributed by atoms with Crippen LogP contribution >= 0.6 is 24.0 Å². The minimum absolute atomic E-state index is 0. The van der Waals surface area contributed by atoms with Crippen molar-refractivity contribution in [2.45, 2.75) is 39.0 Å². The number of carbonyl (C=O) groups excluding carboxylic acids is 2. The summed E-state index contributed by atoms with van der Waals surface area (Å²) in [5, 5.41) is 6.69. The summed E-state index contributed by atoms with van der Waals surface area (Å²) in [6.45, 7) is 4.23. The Labute approximate surface area is 185 Å². The molecule has 6 nitrogen and oxygen atoms in total. The summed E-state index contributed by atoms with van der Waals surface area (Å²) < 4.78 is 0. The molecule has 4 rings (SSSR count). The van der Waals surface area contributed by atoms with Gasteiger partial charge in [0.15, 0.2) is 5.96 Å². The van der Waals surface area contributed by atoms with Gasteiger partial charge in [-0.2, -0.15) is 0 Å². The number of aliphatic imine (C=N–C) groups is 1. The van der Waals surface area contributed by atoms with Crippen molar-refractivity contribution < 1.29 is 9.59 Å². The SMILES string of the molecule is CN=C(NCCN1C(=O)C2C3C=CC(C3)C2C1=O)NCC1CCCCC1C.I. The summed E-state index contributed by atoms with van der Waals surface area (Å²) in [5.74, 6) is 2.63. The van der Waals surface area contributed by atoms with Crippen LogP contribution in [0.2, 0.25) is 0 Å². The van der Waals surface area contributed by atoms with E-state index in [-0.39, 0.29) is 59.5 Å². The Balaban J connectivity index is 0.00000225. The Bertz CT molecular complexity index is 635. The zero-order valence-corrected chi connectivity index (χ0v) is 19.2. The lowest BCUT2D eigenvalue weighted by Gasteiger charge is -2.29. The molecule has 6 atom stereocenters. The molecule has 0 aromatic heterocycles. The van der Waals surface area contributed by atoms with Gasteiger partial charge in [0.25, 0.3) is 0 Å². The van der Waals surface area contributed by atoms with Gasteiger partial charge in [0.05, 0.1) is 11.8 Å². The lowest BCUT2D eigenvalue weighted by Crippen LogP contribution is -2.45. The van der Waals surface area contributed by atoms with Gasteiger partial charge in [-0.3, -0.25) is 19.5 Å². The predicted molar refractivity (Wildman–Crippen MR) is 120 cm³/mol. The molecule has 0 spiro atoms. The molecule has 28 heavy (non-hydrogen) atoms. The molecule has 3 aliphatic carbocycles. The number of allylic oxidation sites excluding steroid dienone is 2. The van der Waals surface area contributed by atoms with E-state index >= 15 is 0 Å². The highest BCUT2D eigenvalue weighted by molar-refractivity contribution is 14.0. The second kappa shape index (κ2) is 9.13. The van der Waals surface area contributed by atoms with Crippen LogP contribution in [-0.4, -0.2) is 49.4 Å². The van der Waals surface area contributed by atoms with Gasteiger partial charge in [-0.05, 0) is 36.5 Å². The summed E-state index contributed by atoms with van der Waals surface area (Å²) >= 11 is 0. The maximum atomic E-state index is 12.7. The number of nitrogens with one attached hydrogen (secondary N) is 2. The summed E-state index contributed by atoms with van der Waals surface area (Å²) in [5.41, 5.74) is 0. The third-order valence-corrected chi connectivity index (χ3v) is 7.23. The highest BCUT2D eigenvalue weighted by atomic mass is 127. The maximum absolute atomic E-state index is 12.7. The average Bonchev–Trinajstić information content (AvgIpc) is 3.35. The quantitative estimate of drug-likeness (QED) is 0.200. The fraction of sp³-hybridized carbons (Fsp3) is 0.762. The number of hydrogen-bond acceptors (Lipinski definition) is 3. The third-order valence-electron chi connectivity index (χ3n) is 7.23. The molecule has 0 aromatic carbocycles. The molecule has 2 amide bonds. The largest absolute Gasteiger partial charge is 0.356 e. The van der Waals surface area contributed by atoms with Crippen molar-refractivity contribution in [1.82, 2.24) is 15.5 Å². The smallest absolute Gasteiger partial charge is 0.233 e. The topological polar surface area (TPSA) is 73.8 Å². The van der Waals surface area contributed by atoms with Gasteiger partial charge in [-0.15, -0.1) is 24.0 Å². The van der Waals surface area contributed by atoms with E-state index in [0.717, 1.165) is 24.8 Å². The summed E-state index contributed by atoms with van der Waals surface area (Å²) in [7, 11) is 1.76. The van der Waals surface area contributed by atoms with Gasteiger partial charge in [-0.25, -0.2) is 0 Å². The fourth-order valence-electron chi connectivity index (χ4n) is 5.62. The number of amides is 2. The van der Waals surface area contributed by atoms with Crippen molar-refractivity contribution in [3.8, 4) is 0 Å². The monoisotopic (exact) mass is 500 g/mol. The summed E-state index contributed by atoms with van der Waals surface area (Å²) in [6, 6.07) is 0. The van der Waals surface area contributed by atoms with Crippen LogP contribution in [0.4, 0.5) is 0 Å². The van der Waals surface area contributed by atoms with Gasteiger partial charge < -0.3 is 10.6 Å². The molecule has 1 heterocycles. The van der Waals surface area contributed by atoms with Gasteiger partial charge in [-0.1, -0.05) is 38.3 Å². The molecule has 1 aliphatic heterocycles. The van der Waals surface area contributed by atoms with Crippen LogP contribution in [0.25, 0.3) is 0 Å². The van der Waals surface area contributed by atoms with Crippen molar-refractivity contribution >= 4 is 41.8 Å². The third kappa shape index (κ3) is 3.96. The first kappa shape index (κ1) is 21.6. The Hall–Kier alpha value is -1.12. The van der Waals surface area contributed by atoms with Crippen molar-refractivity contribution in [2.24, 2.45) is 40.5 Å². The Morgan fingerprint density at radius 1 is 1.11 bits per heavy atom. The molecule has 1 saturated heterocycles. The number of guanidine groups is 1. The Kier molecular flexibility index (Phi) is 7.04. The first-order valence-electron chi connectivity index (χ1n) is 10.6. The Morgan fingerprint density at radius 2 is 1.75 bits per heavy atom. The van der Waals surface area contributed by atoms with E-state index in [2.05, 4.69) is 34.7 Å². The highest BCUT2D eigenvalue weighted by Gasteiger charge is 2.58. The number of likely N-dealkylation sites (tertiary alicyclic amines) is 1. The number of rotatable bonds is 5. The standard InChI is InChI=1S/C21H32N4O2.HI/c1-13-5-3-4-6-16(13)12-24-21(22-2)23-9-10-25-19(26)17-14-7-8-15(11-14)18(17)20(25)27;/h7-8,13-18H,3-6,9-12H2,1-2H3,(H2,22,23,24);1H. The maximum Gasteiger partial charge on any atom is 0.233 e. The molecule has 3 fully saturated rings. The minimum Gasteiger partial charge on any atom is -0.356 e. The molecule has 2 N–H and O–H groups in total. The lowest BCUT2D eigenvalue weighted by atomic mass is 9.80. The number of nitrogens with zero attached hydrogens (tertiary/aromatic N) is 2. The minimum atomic E-state index is -0.0993. The van der Waals surface area contributed by atoms with E-state index in [0.29, 0.717) is 19.0 Å². The molecule has 0 aromatic rings. The summed E-state index contributed by atoms with van der Waals surface area (Å²) in [4.78, 5) is 31.2. The second-order valence-electron chi connectivity index (χ2n) is 8.73. The molecule has 156 valence electrons. The summed E-state index contributed by atoms with van der Waals surface area (Å²) in [6.07, 6.45) is 10.5. The zero-order valence-electron chi connectivity index (χ0n) is 16.9. The predicted octanol–water partition coefficient (Wildman–Crippen LogP) is 2.40. The van der Waals surface area contributed by atoms with E-state index in [4.69, 9.17) is 0 Å². The Morgan fingerprint density at radius 3 is 2.36 bits per heavy atom. The van der Waals surface area contributed by atoms with Gasteiger partial charge in [0, 0.05) is 26.7 Å². The molecular weight excluding hydrogens is 467 g/mol. The van der Waals surface area contributed by atoms with Gasteiger partial charge in [0.1, 0.15) is 0 Å². The van der Waals surface area contributed by atoms with Crippen LogP contribution in [-0.2, 0) is 9.59 Å². The second-order valence-corrected chi connectivity index (χ2v) is 8.73. The van der Waals surface area contributed by atoms with Crippen LogP contribution in [0.1, 0.15) is 39.0 Å². The highest BCUT2D eigenvalue weighted by Crippen LogP contribution is 2.52. The van der Waals surface area contributed by atoms with Crippen LogP contribution in [0.5, 0.6) is 0 Å². The number of imide groups is 1. The molecule has 2 bridgehead atoms.